The van der Waals surface area contributed by atoms with Gasteiger partial charge in [-0.15, -0.1) is 10.2 Å². The van der Waals surface area contributed by atoms with Crippen LogP contribution in [0, 0.1) is 0 Å². The molecule has 10 heavy (non-hydrogen) atoms. The van der Waals surface area contributed by atoms with E-state index in [0.29, 0.717) is 0 Å². The summed E-state index contributed by atoms with van der Waals surface area (Å²) in [5.74, 6) is 0. The Morgan fingerprint density at radius 2 is 2.20 bits per heavy atom. The van der Waals surface area contributed by atoms with Gasteiger partial charge in [-0.05, 0) is 22.4 Å². The van der Waals surface area contributed by atoms with E-state index < -0.39 is 0 Å². The average molecular weight is 220 g/mol. The lowest BCUT2D eigenvalue weighted by molar-refractivity contribution is 0.613. The van der Waals surface area contributed by atoms with Gasteiger partial charge in [0.25, 0.3) is 0 Å². The van der Waals surface area contributed by atoms with Crippen LogP contribution < -0.4 is 4.90 Å². The molecule has 1 aromatic rings. The molecule has 0 spiro atoms. The largest absolute Gasteiger partial charge is 0.347 e. The Hall–Kier alpha value is -0.160. The summed E-state index contributed by atoms with van der Waals surface area (Å²) in [7, 11) is 0. The van der Waals surface area contributed by atoms with Gasteiger partial charge in [-0.25, -0.2) is 0 Å². The molecule has 0 unspecified atom stereocenters. The first-order valence-electron chi connectivity index (χ1n) is 3.10. The minimum absolute atomic E-state index is 0.870. The Morgan fingerprint density at radius 3 is 2.60 bits per heavy atom. The standard InChI is InChI=1S/C5H6BrN3S/c6-4-7-8-5(10-4)9-2-1-3-9/h1-3H2. The van der Waals surface area contributed by atoms with E-state index in [1.165, 1.54) is 6.42 Å². The van der Waals surface area contributed by atoms with Crippen molar-refractivity contribution in [3.8, 4) is 0 Å². The molecule has 54 valence electrons. The van der Waals surface area contributed by atoms with Gasteiger partial charge < -0.3 is 4.90 Å². The van der Waals surface area contributed by atoms with Gasteiger partial charge >= 0.3 is 0 Å². The number of hydrogen-bond donors (Lipinski definition) is 0. The summed E-state index contributed by atoms with van der Waals surface area (Å²) in [5, 5.41) is 8.89. The second-order valence-corrected chi connectivity index (χ2v) is 4.41. The van der Waals surface area contributed by atoms with Gasteiger partial charge in [0.15, 0.2) is 3.92 Å². The van der Waals surface area contributed by atoms with Crippen LogP contribution in [0.4, 0.5) is 5.13 Å². The quantitative estimate of drug-likeness (QED) is 0.718. The summed E-state index contributed by atoms with van der Waals surface area (Å²) in [6, 6.07) is 0. The Labute approximate surface area is 71.2 Å². The lowest BCUT2D eigenvalue weighted by Crippen LogP contribution is -2.36. The molecular weight excluding hydrogens is 214 g/mol. The van der Waals surface area contributed by atoms with E-state index in [-0.39, 0.29) is 0 Å². The minimum Gasteiger partial charge on any atom is -0.347 e. The summed E-state index contributed by atoms with van der Waals surface area (Å²) in [4.78, 5) is 2.22. The van der Waals surface area contributed by atoms with Gasteiger partial charge in [-0.3, -0.25) is 0 Å². The van der Waals surface area contributed by atoms with Crippen LogP contribution in [-0.2, 0) is 0 Å². The van der Waals surface area contributed by atoms with Crippen molar-refractivity contribution < 1.29 is 0 Å². The van der Waals surface area contributed by atoms with Crippen LogP contribution in [-0.4, -0.2) is 23.3 Å². The average Bonchev–Trinajstić information content (AvgIpc) is 2.10. The van der Waals surface area contributed by atoms with E-state index in [4.69, 9.17) is 0 Å². The molecule has 0 N–H and O–H groups in total. The smallest absolute Gasteiger partial charge is 0.209 e. The van der Waals surface area contributed by atoms with Crippen molar-refractivity contribution in [2.45, 2.75) is 6.42 Å². The molecule has 0 aliphatic carbocycles. The fourth-order valence-corrected chi connectivity index (χ4v) is 1.97. The summed E-state index contributed by atoms with van der Waals surface area (Å²) < 4.78 is 0.870. The first kappa shape index (κ1) is 6.54. The van der Waals surface area contributed by atoms with Gasteiger partial charge in [0.1, 0.15) is 0 Å². The van der Waals surface area contributed by atoms with Crippen LogP contribution in [0.1, 0.15) is 6.42 Å². The number of hydrogen-bond acceptors (Lipinski definition) is 4. The van der Waals surface area contributed by atoms with E-state index >= 15 is 0 Å². The monoisotopic (exact) mass is 219 g/mol. The van der Waals surface area contributed by atoms with Gasteiger partial charge in [-0.2, -0.15) is 0 Å². The van der Waals surface area contributed by atoms with Gasteiger partial charge in [0.05, 0.1) is 0 Å². The van der Waals surface area contributed by atoms with E-state index in [9.17, 15) is 0 Å². The van der Waals surface area contributed by atoms with Crippen LogP contribution in [0.25, 0.3) is 0 Å². The molecule has 1 fully saturated rings. The maximum absolute atomic E-state index is 3.99. The number of aromatic nitrogens is 2. The van der Waals surface area contributed by atoms with Crippen LogP contribution in [0.2, 0.25) is 0 Å². The fourth-order valence-electron chi connectivity index (χ4n) is 0.834. The first-order valence-corrected chi connectivity index (χ1v) is 4.71. The van der Waals surface area contributed by atoms with Crippen molar-refractivity contribution in [1.82, 2.24) is 10.2 Å². The van der Waals surface area contributed by atoms with Crippen molar-refractivity contribution >= 4 is 32.4 Å². The molecule has 2 rings (SSSR count). The molecule has 0 saturated carbocycles. The molecule has 1 saturated heterocycles. The molecule has 2 heterocycles. The highest BCUT2D eigenvalue weighted by molar-refractivity contribution is 9.11. The van der Waals surface area contributed by atoms with Gasteiger partial charge in [0, 0.05) is 13.1 Å². The molecule has 0 atom stereocenters. The fraction of sp³-hybridized carbons (Fsp3) is 0.600. The highest BCUT2D eigenvalue weighted by Crippen LogP contribution is 2.26. The number of halogens is 1. The SMILES string of the molecule is Brc1nnc(N2CCC2)s1. The van der Waals surface area contributed by atoms with Crippen molar-refractivity contribution in [1.29, 1.82) is 0 Å². The number of anilines is 1. The first-order chi connectivity index (χ1) is 4.86. The summed E-state index contributed by atoms with van der Waals surface area (Å²) in [6.45, 7) is 2.28. The Balaban J connectivity index is 2.17. The van der Waals surface area contributed by atoms with Crippen LogP contribution in [0.5, 0.6) is 0 Å². The topological polar surface area (TPSA) is 29.0 Å². The zero-order valence-electron chi connectivity index (χ0n) is 5.25. The normalized spacial score (nSPS) is 17.1. The van der Waals surface area contributed by atoms with Crippen molar-refractivity contribution in [2.75, 3.05) is 18.0 Å². The molecule has 1 aromatic heterocycles. The Kier molecular flexibility index (Phi) is 1.61. The second kappa shape index (κ2) is 2.47. The van der Waals surface area contributed by atoms with Crippen LogP contribution in [0.3, 0.4) is 0 Å². The molecule has 0 aromatic carbocycles. The molecule has 0 radical (unpaired) electrons. The molecule has 0 bridgehead atoms. The number of rotatable bonds is 1. The predicted molar refractivity (Wildman–Crippen MR) is 44.4 cm³/mol. The Morgan fingerprint density at radius 1 is 1.40 bits per heavy atom. The van der Waals surface area contributed by atoms with Crippen LogP contribution >= 0.6 is 27.3 Å². The zero-order chi connectivity index (χ0) is 6.97. The number of nitrogens with zero attached hydrogens (tertiary/aromatic N) is 3. The van der Waals surface area contributed by atoms with Crippen molar-refractivity contribution in [3.05, 3.63) is 3.92 Å². The lowest BCUT2D eigenvalue weighted by atomic mass is 10.2. The zero-order valence-corrected chi connectivity index (χ0v) is 7.65. The third-order valence-electron chi connectivity index (χ3n) is 1.52. The third kappa shape index (κ3) is 1.03. The molecule has 1 aliphatic rings. The van der Waals surface area contributed by atoms with Gasteiger partial charge in [0.2, 0.25) is 5.13 Å². The molecule has 3 nitrogen and oxygen atoms in total. The maximum Gasteiger partial charge on any atom is 0.209 e. The Bertz CT molecular complexity index is 233. The third-order valence-corrected chi connectivity index (χ3v) is 2.93. The summed E-state index contributed by atoms with van der Waals surface area (Å²) >= 11 is 4.86. The van der Waals surface area contributed by atoms with Crippen molar-refractivity contribution in [2.24, 2.45) is 0 Å². The maximum atomic E-state index is 3.99. The highest BCUT2D eigenvalue weighted by atomic mass is 79.9. The lowest BCUT2D eigenvalue weighted by Gasteiger charge is -2.29. The second-order valence-electron chi connectivity index (χ2n) is 2.18. The minimum atomic E-state index is 0.870. The summed E-state index contributed by atoms with van der Waals surface area (Å²) in [6.07, 6.45) is 1.29. The van der Waals surface area contributed by atoms with Crippen molar-refractivity contribution in [3.63, 3.8) is 0 Å². The van der Waals surface area contributed by atoms with Crippen LogP contribution in [0.15, 0.2) is 3.92 Å². The van der Waals surface area contributed by atoms with E-state index in [2.05, 4.69) is 31.0 Å². The predicted octanol–water partition coefficient (Wildman–Crippen LogP) is 1.51. The van der Waals surface area contributed by atoms with E-state index in [1.54, 1.807) is 11.3 Å². The van der Waals surface area contributed by atoms with E-state index in [0.717, 1.165) is 22.1 Å². The summed E-state index contributed by atoms with van der Waals surface area (Å²) in [5.41, 5.74) is 0. The molecular formula is C5H6BrN3S. The molecule has 1 aliphatic heterocycles. The van der Waals surface area contributed by atoms with E-state index in [1.807, 2.05) is 0 Å². The highest BCUT2D eigenvalue weighted by Gasteiger charge is 2.17. The molecule has 0 amide bonds. The van der Waals surface area contributed by atoms with Gasteiger partial charge in [-0.1, -0.05) is 11.3 Å². The molecule has 5 heteroatoms.